The van der Waals surface area contributed by atoms with E-state index in [9.17, 15) is 4.79 Å². The summed E-state index contributed by atoms with van der Waals surface area (Å²) in [5, 5.41) is 3.12. The first-order valence-electron chi connectivity index (χ1n) is 13.6. The molecule has 0 saturated carbocycles. The molecule has 5 rings (SSSR count). The van der Waals surface area contributed by atoms with E-state index in [1.807, 2.05) is 48.5 Å². The first-order valence-corrected chi connectivity index (χ1v) is 13.6. The number of nitrogens with zero attached hydrogens (tertiary/aromatic N) is 1. The summed E-state index contributed by atoms with van der Waals surface area (Å²) in [7, 11) is 5.06. The summed E-state index contributed by atoms with van der Waals surface area (Å²) in [5.74, 6) is 2.33. The van der Waals surface area contributed by atoms with E-state index >= 15 is 0 Å². The molecule has 0 saturated heterocycles. The molecule has 4 aromatic carbocycles. The minimum atomic E-state index is -0.157. The van der Waals surface area contributed by atoms with Crippen LogP contribution in [0.15, 0.2) is 97.1 Å². The van der Waals surface area contributed by atoms with Gasteiger partial charge in [-0.1, -0.05) is 78.9 Å². The average Bonchev–Trinajstić information content (AvgIpc) is 3.01. The van der Waals surface area contributed by atoms with Crippen molar-refractivity contribution in [1.29, 1.82) is 0 Å². The van der Waals surface area contributed by atoms with Crippen LogP contribution in [0.5, 0.6) is 17.2 Å². The number of amides is 1. The number of rotatable bonds is 10. The number of carbonyl (C=O) groups excluding carboxylic acids is 1. The molecule has 206 valence electrons. The van der Waals surface area contributed by atoms with Crippen LogP contribution in [0.4, 0.5) is 0 Å². The molecule has 1 unspecified atom stereocenters. The van der Waals surface area contributed by atoms with Crippen LogP contribution >= 0.6 is 0 Å². The van der Waals surface area contributed by atoms with Crippen LogP contribution in [-0.2, 0) is 17.8 Å². The lowest BCUT2D eigenvalue weighted by Gasteiger charge is -2.42. The standard InChI is InChI=1S/C34H36N2O4/c1-38-28-17-11-10-16-26(28)22-35-31(37)23-36-21-20-27-29(39-2)18-19-30(40-3)33(27)34(36)32(24-12-6-4-7-13-24)25-14-8-5-9-15-25/h4-19,32,34H,20-23H2,1-3H3,(H,35,37). The Balaban J connectivity index is 1.55. The molecule has 0 aromatic heterocycles. The molecule has 1 amide bonds. The second-order valence-corrected chi connectivity index (χ2v) is 9.92. The maximum atomic E-state index is 13.5. The lowest BCUT2D eigenvalue weighted by molar-refractivity contribution is -0.123. The van der Waals surface area contributed by atoms with Crippen molar-refractivity contribution in [3.05, 3.63) is 125 Å². The molecule has 40 heavy (non-hydrogen) atoms. The van der Waals surface area contributed by atoms with Crippen LogP contribution in [0.2, 0.25) is 0 Å². The predicted molar refractivity (Wildman–Crippen MR) is 157 cm³/mol. The Hall–Kier alpha value is -4.29. The number of fused-ring (bicyclic) bond motifs is 1. The molecule has 0 fully saturated rings. The summed E-state index contributed by atoms with van der Waals surface area (Å²) in [4.78, 5) is 15.7. The number of hydrogen-bond donors (Lipinski definition) is 1. The summed E-state index contributed by atoms with van der Waals surface area (Å²) in [5.41, 5.74) is 5.50. The van der Waals surface area contributed by atoms with Crippen molar-refractivity contribution in [2.45, 2.75) is 24.9 Å². The van der Waals surface area contributed by atoms with E-state index in [1.54, 1.807) is 21.3 Å². The van der Waals surface area contributed by atoms with Gasteiger partial charge in [0.1, 0.15) is 17.2 Å². The number of hydrogen-bond acceptors (Lipinski definition) is 5. The highest BCUT2D eigenvalue weighted by Gasteiger charge is 2.39. The molecule has 6 heteroatoms. The molecule has 1 heterocycles. The van der Waals surface area contributed by atoms with Gasteiger partial charge in [-0.2, -0.15) is 0 Å². The zero-order valence-corrected chi connectivity index (χ0v) is 23.3. The smallest absolute Gasteiger partial charge is 0.234 e. The van der Waals surface area contributed by atoms with Gasteiger partial charge in [0.25, 0.3) is 0 Å². The normalized spacial score (nSPS) is 14.8. The zero-order chi connectivity index (χ0) is 27.9. The van der Waals surface area contributed by atoms with E-state index in [4.69, 9.17) is 14.2 Å². The molecule has 1 atom stereocenters. The van der Waals surface area contributed by atoms with Crippen molar-refractivity contribution < 1.29 is 19.0 Å². The number of ether oxygens (including phenoxy) is 3. The number of para-hydroxylation sites is 1. The Labute approximate surface area is 236 Å². The summed E-state index contributed by atoms with van der Waals surface area (Å²) in [6.07, 6.45) is 0.752. The molecule has 1 aliphatic rings. The van der Waals surface area contributed by atoms with Gasteiger partial charge in [-0.3, -0.25) is 9.69 Å². The lowest BCUT2D eigenvalue weighted by Crippen LogP contribution is -2.45. The van der Waals surface area contributed by atoms with E-state index in [2.05, 4.69) is 58.7 Å². The quantitative estimate of drug-likeness (QED) is 0.279. The molecule has 1 N–H and O–H groups in total. The van der Waals surface area contributed by atoms with Crippen LogP contribution in [0, 0.1) is 0 Å². The highest BCUT2D eigenvalue weighted by atomic mass is 16.5. The molecular formula is C34H36N2O4. The van der Waals surface area contributed by atoms with E-state index in [1.165, 1.54) is 11.1 Å². The second-order valence-electron chi connectivity index (χ2n) is 9.92. The molecule has 0 radical (unpaired) electrons. The minimum absolute atomic E-state index is 0.0375. The van der Waals surface area contributed by atoms with Gasteiger partial charge in [0.2, 0.25) is 5.91 Å². The summed E-state index contributed by atoms with van der Waals surface area (Å²) < 4.78 is 17.2. The van der Waals surface area contributed by atoms with Crippen LogP contribution in [0.3, 0.4) is 0 Å². The van der Waals surface area contributed by atoms with E-state index < -0.39 is 0 Å². The van der Waals surface area contributed by atoms with Crippen LogP contribution in [-0.4, -0.2) is 45.2 Å². The fourth-order valence-electron chi connectivity index (χ4n) is 5.87. The van der Waals surface area contributed by atoms with Crippen molar-refractivity contribution >= 4 is 5.91 Å². The third-order valence-corrected chi connectivity index (χ3v) is 7.70. The highest BCUT2D eigenvalue weighted by Crippen LogP contribution is 2.49. The SMILES string of the molecule is COc1ccccc1CNC(=O)CN1CCc2c(OC)ccc(OC)c2C1C(c1ccccc1)c1ccccc1. The maximum absolute atomic E-state index is 13.5. The molecule has 6 nitrogen and oxygen atoms in total. The van der Waals surface area contributed by atoms with Gasteiger partial charge in [-0.15, -0.1) is 0 Å². The fraction of sp³-hybridized carbons (Fsp3) is 0.265. The molecule has 0 aliphatic carbocycles. The first kappa shape index (κ1) is 27.3. The monoisotopic (exact) mass is 536 g/mol. The topological polar surface area (TPSA) is 60.0 Å². The molecule has 1 aliphatic heterocycles. The molecule has 4 aromatic rings. The largest absolute Gasteiger partial charge is 0.496 e. The molecular weight excluding hydrogens is 500 g/mol. The van der Waals surface area contributed by atoms with Gasteiger partial charge >= 0.3 is 0 Å². The lowest BCUT2D eigenvalue weighted by atomic mass is 9.77. The maximum Gasteiger partial charge on any atom is 0.234 e. The van der Waals surface area contributed by atoms with Crippen LogP contribution in [0.1, 0.15) is 39.8 Å². The van der Waals surface area contributed by atoms with Crippen molar-refractivity contribution in [3.63, 3.8) is 0 Å². The van der Waals surface area contributed by atoms with Gasteiger partial charge in [0, 0.05) is 35.7 Å². The molecule has 0 bridgehead atoms. The summed E-state index contributed by atoms with van der Waals surface area (Å²) in [6.45, 7) is 1.35. The van der Waals surface area contributed by atoms with Gasteiger partial charge in [-0.25, -0.2) is 0 Å². The Morgan fingerprint density at radius 3 is 1.98 bits per heavy atom. The zero-order valence-electron chi connectivity index (χ0n) is 23.3. The van der Waals surface area contributed by atoms with Crippen molar-refractivity contribution in [2.24, 2.45) is 0 Å². The van der Waals surface area contributed by atoms with Gasteiger partial charge < -0.3 is 19.5 Å². The van der Waals surface area contributed by atoms with Gasteiger partial charge in [0.05, 0.1) is 33.9 Å². The number of carbonyl (C=O) groups is 1. The molecule has 0 spiro atoms. The third kappa shape index (κ3) is 5.68. The fourth-order valence-corrected chi connectivity index (χ4v) is 5.87. The number of nitrogens with one attached hydrogen (secondary N) is 1. The van der Waals surface area contributed by atoms with Crippen molar-refractivity contribution in [2.75, 3.05) is 34.4 Å². The second kappa shape index (κ2) is 12.7. The van der Waals surface area contributed by atoms with E-state index in [-0.39, 0.29) is 24.4 Å². The summed E-state index contributed by atoms with van der Waals surface area (Å²) >= 11 is 0. The third-order valence-electron chi connectivity index (χ3n) is 7.70. The van der Waals surface area contributed by atoms with E-state index in [0.29, 0.717) is 13.1 Å². The number of benzene rings is 4. The minimum Gasteiger partial charge on any atom is -0.496 e. The summed E-state index contributed by atoms with van der Waals surface area (Å²) in [6, 6.07) is 32.6. The Bertz CT molecular complexity index is 1390. The van der Waals surface area contributed by atoms with E-state index in [0.717, 1.165) is 40.4 Å². The highest BCUT2D eigenvalue weighted by molar-refractivity contribution is 5.78. The van der Waals surface area contributed by atoms with Crippen LogP contribution < -0.4 is 19.5 Å². The first-order chi connectivity index (χ1) is 19.6. The van der Waals surface area contributed by atoms with Gasteiger partial charge in [0.15, 0.2) is 0 Å². The van der Waals surface area contributed by atoms with Gasteiger partial charge in [-0.05, 0) is 35.7 Å². The van der Waals surface area contributed by atoms with Crippen LogP contribution in [0.25, 0.3) is 0 Å². The van der Waals surface area contributed by atoms with Crippen molar-refractivity contribution in [3.8, 4) is 17.2 Å². The Morgan fingerprint density at radius 2 is 1.35 bits per heavy atom. The predicted octanol–water partition coefficient (Wildman–Crippen LogP) is 5.76. The average molecular weight is 537 g/mol. The van der Waals surface area contributed by atoms with Crippen molar-refractivity contribution in [1.82, 2.24) is 10.2 Å². The Morgan fingerprint density at radius 1 is 0.775 bits per heavy atom. The number of methoxy groups -OCH3 is 3. The Kier molecular flexibility index (Phi) is 8.67.